The standard InChI is InChI=1S/C24H22Cl2F2N6O/c25-16-7-15(35)8-17(26)21(16)23-32-20-11-31-24(30-10-13-3-4-18(27)19(28)6-13)33-22(20)34(23)12-14-2-1-5-29-9-14/h3-4,6-8,11,14,29,35H,1-2,5,9-10,12H2,(H,30,31,33)/t14-/m1/s1. The maximum atomic E-state index is 13.6. The molecular weight excluding hydrogens is 497 g/mol. The molecule has 1 fully saturated rings. The second-order valence-corrected chi connectivity index (χ2v) is 9.36. The number of halogens is 4. The van der Waals surface area contributed by atoms with Crippen LogP contribution in [0.3, 0.4) is 0 Å². The Labute approximate surface area is 210 Å². The van der Waals surface area contributed by atoms with Crippen LogP contribution in [0.25, 0.3) is 22.6 Å². The van der Waals surface area contributed by atoms with Crippen LogP contribution in [0.5, 0.6) is 5.75 Å². The number of phenolic OH excluding ortho intramolecular Hbond substituents is 1. The minimum absolute atomic E-state index is 0.0357. The minimum atomic E-state index is -0.910. The van der Waals surface area contributed by atoms with Crippen molar-refractivity contribution in [2.45, 2.75) is 25.9 Å². The Hall–Kier alpha value is -3.01. The van der Waals surface area contributed by atoms with Crippen LogP contribution in [0, 0.1) is 17.6 Å². The summed E-state index contributed by atoms with van der Waals surface area (Å²) in [6.07, 6.45) is 3.72. The van der Waals surface area contributed by atoms with Gasteiger partial charge in [0.1, 0.15) is 17.1 Å². The summed E-state index contributed by atoms with van der Waals surface area (Å²) in [6, 6.07) is 6.57. The van der Waals surface area contributed by atoms with Crippen molar-refractivity contribution in [3.8, 4) is 17.1 Å². The highest BCUT2D eigenvalue weighted by molar-refractivity contribution is 6.39. The van der Waals surface area contributed by atoms with Crippen LogP contribution in [0.1, 0.15) is 18.4 Å². The number of piperidine rings is 1. The Kier molecular flexibility index (Phi) is 6.73. The largest absolute Gasteiger partial charge is 0.508 e. The van der Waals surface area contributed by atoms with Gasteiger partial charge in [-0.1, -0.05) is 29.3 Å². The number of nitrogens with one attached hydrogen (secondary N) is 2. The van der Waals surface area contributed by atoms with Crippen LogP contribution in [-0.2, 0) is 13.1 Å². The molecule has 2 aromatic heterocycles. The van der Waals surface area contributed by atoms with Gasteiger partial charge in [0.25, 0.3) is 0 Å². The van der Waals surface area contributed by atoms with Gasteiger partial charge in [-0.25, -0.2) is 18.7 Å². The number of rotatable bonds is 6. The monoisotopic (exact) mass is 518 g/mol. The molecule has 11 heteroatoms. The van der Waals surface area contributed by atoms with Gasteiger partial charge in [-0.2, -0.15) is 4.98 Å². The van der Waals surface area contributed by atoms with Crippen LogP contribution in [0.15, 0.2) is 36.5 Å². The fraction of sp³-hybridized carbons (Fsp3) is 0.292. The van der Waals surface area contributed by atoms with Gasteiger partial charge in [-0.3, -0.25) is 0 Å². The molecule has 0 aliphatic carbocycles. The van der Waals surface area contributed by atoms with Crippen LogP contribution in [0.2, 0.25) is 10.0 Å². The number of hydrogen-bond donors (Lipinski definition) is 3. The summed E-state index contributed by atoms with van der Waals surface area (Å²) in [6.45, 7) is 2.70. The Morgan fingerprint density at radius 2 is 1.91 bits per heavy atom. The van der Waals surface area contributed by atoms with E-state index in [1.165, 1.54) is 18.2 Å². The molecule has 0 amide bonds. The van der Waals surface area contributed by atoms with Gasteiger partial charge >= 0.3 is 0 Å². The lowest BCUT2D eigenvalue weighted by atomic mass is 9.99. The number of hydrogen-bond acceptors (Lipinski definition) is 6. The lowest BCUT2D eigenvalue weighted by Gasteiger charge is -2.24. The van der Waals surface area contributed by atoms with Gasteiger partial charge in [0.05, 0.1) is 21.8 Å². The van der Waals surface area contributed by atoms with Gasteiger partial charge in [0, 0.05) is 13.1 Å². The molecule has 1 saturated heterocycles. The third-order valence-electron chi connectivity index (χ3n) is 6.01. The molecule has 0 unspecified atom stereocenters. The van der Waals surface area contributed by atoms with Crippen LogP contribution >= 0.6 is 23.2 Å². The summed E-state index contributed by atoms with van der Waals surface area (Å²) in [7, 11) is 0. The SMILES string of the molecule is Oc1cc(Cl)c(-c2nc3cnc(NCc4ccc(F)c(F)c4)nc3n2C[C@@H]2CCCNC2)c(Cl)c1. The first kappa shape index (κ1) is 23.7. The number of fused-ring (bicyclic) bond motifs is 1. The van der Waals surface area contributed by atoms with Gasteiger partial charge in [0.2, 0.25) is 5.95 Å². The molecule has 2 aromatic carbocycles. The van der Waals surface area contributed by atoms with E-state index in [-0.39, 0.29) is 22.3 Å². The molecule has 0 spiro atoms. The molecule has 182 valence electrons. The smallest absolute Gasteiger partial charge is 0.225 e. The molecule has 1 aliphatic rings. The number of anilines is 1. The highest BCUT2D eigenvalue weighted by Crippen LogP contribution is 2.39. The Morgan fingerprint density at radius 1 is 1.11 bits per heavy atom. The average Bonchev–Trinajstić information content (AvgIpc) is 3.17. The number of aromatic hydroxyl groups is 1. The molecule has 4 aromatic rings. The summed E-state index contributed by atoms with van der Waals surface area (Å²) in [5.41, 5.74) is 2.21. The molecule has 7 nitrogen and oxygen atoms in total. The number of aromatic nitrogens is 4. The van der Waals surface area contributed by atoms with Crippen molar-refractivity contribution in [2.24, 2.45) is 5.92 Å². The maximum Gasteiger partial charge on any atom is 0.225 e. The lowest BCUT2D eigenvalue weighted by molar-refractivity contribution is 0.341. The highest BCUT2D eigenvalue weighted by atomic mass is 35.5. The van der Waals surface area contributed by atoms with Gasteiger partial charge < -0.3 is 20.3 Å². The molecule has 1 aliphatic heterocycles. The summed E-state index contributed by atoms with van der Waals surface area (Å²) in [4.78, 5) is 13.7. The van der Waals surface area contributed by atoms with Crippen molar-refractivity contribution in [1.82, 2.24) is 24.8 Å². The molecular formula is C24H22Cl2F2N6O. The Balaban J connectivity index is 1.54. The van der Waals surface area contributed by atoms with E-state index >= 15 is 0 Å². The van der Waals surface area contributed by atoms with E-state index in [1.807, 2.05) is 4.57 Å². The molecule has 1 atom stereocenters. The van der Waals surface area contributed by atoms with Crippen molar-refractivity contribution >= 4 is 40.3 Å². The molecule has 0 bridgehead atoms. The van der Waals surface area contributed by atoms with E-state index in [0.29, 0.717) is 46.5 Å². The first-order chi connectivity index (χ1) is 16.9. The molecule has 35 heavy (non-hydrogen) atoms. The molecule has 3 heterocycles. The van der Waals surface area contributed by atoms with Gasteiger partial charge in [-0.15, -0.1) is 0 Å². The number of benzene rings is 2. The van der Waals surface area contributed by atoms with Crippen molar-refractivity contribution in [2.75, 3.05) is 18.4 Å². The summed E-state index contributed by atoms with van der Waals surface area (Å²) >= 11 is 12.9. The van der Waals surface area contributed by atoms with E-state index in [4.69, 9.17) is 28.2 Å². The zero-order chi connectivity index (χ0) is 24.5. The number of imidazole rings is 1. The van der Waals surface area contributed by atoms with E-state index in [9.17, 15) is 13.9 Å². The Bertz CT molecular complexity index is 1370. The van der Waals surface area contributed by atoms with E-state index in [2.05, 4.69) is 20.6 Å². The zero-order valence-corrected chi connectivity index (χ0v) is 20.0. The third-order valence-corrected chi connectivity index (χ3v) is 6.61. The number of nitrogens with zero attached hydrogens (tertiary/aromatic N) is 4. The quantitative estimate of drug-likeness (QED) is 0.317. The molecule has 0 saturated carbocycles. The van der Waals surface area contributed by atoms with Gasteiger partial charge in [0.15, 0.2) is 17.3 Å². The van der Waals surface area contributed by atoms with Crippen molar-refractivity contribution < 1.29 is 13.9 Å². The lowest BCUT2D eigenvalue weighted by Crippen LogP contribution is -2.32. The fourth-order valence-corrected chi connectivity index (χ4v) is 4.95. The van der Waals surface area contributed by atoms with Crippen LogP contribution < -0.4 is 10.6 Å². The normalized spacial score (nSPS) is 16.1. The minimum Gasteiger partial charge on any atom is -0.508 e. The fourth-order valence-electron chi connectivity index (χ4n) is 4.31. The summed E-state index contributed by atoms with van der Waals surface area (Å²) in [5, 5.41) is 16.9. The summed E-state index contributed by atoms with van der Waals surface area (Å²) in [5.74, 6) is -0.638. The highest BCUT2D eigenvalue weighted by Gasteiger charge is 2.23. The molecule has 0 radical (unpaired) electrons. The maximum absolute atomic E-state index is 13.6. The van der Waals surface area contributed by atoms with Crippen molar-refractivity contribution in [3.05, 3.63) is 63.8 Å². The third kappa shape index (κ3) is 5.03. The van der Waals surface area contributed by atoms with E-state index < -0.39 is 11.6 Å². The molecule has 3 N–H and O–H groups in total. The first-order valence-electron chi connectivity index (χ1n) is 11.2. The summed E-state index contributed by atoms with van der Waals surface area (Å²) < 4.78 is 28.8. The van der Waals surface area contributed by atoms with Crippen molar-refractivity contribution in [1.29, 1.82) is 0 Å². The Morgan fingerprint density at radius 3 is 2.63 bits per heavy atom. The second kappa shape index (κ2) is 9.93. The van der Waals surface area contributed by atoms with E-state index in [1.54, 1.807) is 6.20 Å². The predicted octanol–water partition coefficient (Wildman–Crippen LogP) is 5.40. The van der Waals surface area contributed by atoms with Crippen LogP contribution in [-0.4, -0.2) is 37.7 Å². The number of phenols is 1. The average molecular weight is 519 g/mol. The van der Waals surface area contributed by atoms with Gasteiger partial charge in [-0.05, 0) is 61.7 Å². The zero-order valence-electron chi connectivity index (χ0n) is 18.5. The second-order valence-electron chi connectivity index (χ2n) is 8.55. The predicted molar refractivity (Wildman–Crippen MR) is 132 cm³/mol. The topological polar surface area (TPSA) is 87.9 Å². The molecule has 5 rings (SSSR count). The first-order valence-corrected chi connectivity index (χ1v) is 11.9. The van der Waals surface area contributed by atoms with E-state index in [0.717, 1.165) is 38.1 Å². The van der Waals surface area contributed by atoms with Crippen molar-refractivity contribution in [3.63, 3.8) is 0 Å². The van der Waals surface area contributed by atoms with Crippen LogP contribution in [0.4, 0.5) is 14.7 Å².